The van der Waals surface area contributed by atoms with Crippen LogP contribution in [0.3, 0.4) is 0 Å². The highest BCUT2D eigenvalue weighted by Gasteiger charge is 2.30. The lowest BCUT2D eigenvalue weighted by atomic mass is 10.0. The molecule has 126 valence electrons. The summed E-state index contributed by atoms with van der Waals surface area (Å²) in [7, 11) is 0. The van der Waals surface area contributed by atoms with Crippen LogP contribution < -0.4 is 4.74 Å². The minimum atomic E-state index is -4.47. The van der Waals surface area contributed by atoms with E-state index in [0.29, 0.717) is 0 Å². The molecule has 0 bridgehead atoms. The first-order valence-electron chi connectivity index (χ1n) is 6.90. The average Bonchev–Trinajstić information content (AvgIpc) is 2.53. The molecule has 0 saturated carbocycles. The molecule has 0 saturated heterocycles. The van der Waals surface area contributed by atoms with Gasteiger partial charge >= 0.3 is 12.1 Å². The molecule has 0 aliphatic rings. The Kier molecular flexibility index (Phi) is 4.92. The molecule has 0 aliphatic carbocycles. The smallest absolute Gasteiger partial charge is 0.416 e. The molecular formula is C17H13F3O4. The van der Waals surface area contributed by atoms with Gasteiger partial charge in [0.05, 0.1) is 5.56 Å². The fourth-order valence-corrected chi connectivity index (χ4v) is 1.94. The minimum Gasteiger partial charge on any atom is -0.479 e. The van der Waals surface area contributed by atoms with Crippen LogP contribution in [-0.4, -0.2) is 23.0 Å². The third-order valence-corrected chi connectivity index (χ3v) is 3.23. The summed E-state index contributed by atoms with van der Waals surface area (Å²) >= 11 is 0. The summed E-state index contributed by atoms with van der Waals surface area (Å²) in [6.07, 6.45) is -5.57. The van der Waals surface area contributed by atoms with Crippen LogP contribution in [0.15, 0.2) is 48.5 Å². The molecule has 0 aliphatic heterocycles. The topological polar surface area (TPSA) is 63.6 Å². The number of ether oxygens (including phenoxy) is 1. The fourth-order valence-electron chi connectivity index (χ4n) is 1.94. The van der Waals surface area contributed by atoms with E-state index in [0.717, 1.165) is 24.3 Å². The number of carboxylic acid groups (broad SMARTS) is 1. The number of carbonyl (C=O) groups excluding carboxylic acids is 1. The second kappa shape index (κ2) is 6.74. The number of hydrogen-bond donors (Lipinski definition) is 1. The minimum absolute atomic E-state index is 0.0893. The highest BCUT2D eigenvalue weighted by Crippen LogP contribution is 2.29. The van der Waals surface area contributed by atoms with Crippen LogP contribution in [-0.2, 0) is 11.0 Å². The van der Waals surface area contributed by atoms with Gasteiger partial charge in [-0.05, 0) is 31.2 Å². The molecule has 4 nitrogen and oxygen atoms in total. The molecule has 0 aromatic heterocycles. The van der Waals surface area contributed by atoms with Gasteiger partial charge < -0.3 is 9.84 Å². The average molecular weight is 338 g/mol. The lowest BCUT2D eigenvalue weighted by molar-refractivity contribution is -0.144. The van der Waals surface area contributed by atoms with Crippen molar-refractivity contribution >= 4 is 11.8 Å². The Bertz CT molecular complexity index is 751. The number of carboxylic acids is 1. The number of halogens is 3. The molecule has 1 unspecified atom stereocenters. The summed E-state index contributed by atoms with van der Waals surface area (Å²) in [5.74, 6) is -1.46. The van der Waals surface area contributed by atoms with Gasteiger partial charge in [0.15, 0.2) is 11.9 Å². The lowest BCUT2D eigenvalue weighted by Crippen LogP contribution is -2.22. The second-order valence-corrected chi connectivity index (χ2v) is 5.03. The molecule has 24 heavy (non-hydrogen) atoms. The van der Waals surface area contributed by atoms with E-state index in [1.165, 1.54) is 31.2 Å². The van der Waals surface area contributed by atoms with Crippen molar-refractivity contribution in [3.63, 3.8) is 0 Å². The summed E-state index contributed by atoms with van der Waals surface area (Å²) in [5, 5.41) is 8.81. The molecule has 0 heterocycles. The van der Waals surface area contributed by atoms with Gasteiger partial charge in [-0.15, -0.1) is 0 Å². The summed E-state index contributed by atoms with van der Waals surface area (Å²) in [6.45, 7) is 1.34. The molecule has 0 fully saturated rings. The van der Waals surface area contributed by atoms with Crippen molar-refractivity contribution in [1.82, 2.24) is 0 Å². The van der Waals surface area contributed by atoms with Crippen molar-refractivity contribution in [3.8, 4) is 5.75 Å². The molecule has 2 aromatic carbocycles. The summed E-state index contributed by atoms with van der Waals surface area (Å²) < 4.78 is 42.8. The fraction of sp³-hybridized carbons (Fsp3) is 0.176. The molecular weight excluding hydrogens is 325 g/mol. The molecule has 7 heteroatoms. The first kappa shape index (κ1) is 17.5. The van der Waals surface area contributed by atoms with Crippen LogP contribution >= 0.6 is 0 Å². The maximum Gasteiger partial charge on any atom is 0.416 e. The molecule has 1 N–H and O–H groups in total. The Hall–Kier alpha value is -2.83. The van der Waals surface area contributed by atoms with E-state index in [9.17, 15) is 22.8 Å². The van der Waals surface area contributed by atoms with Crippen LogP contribution in [0, 0.1) is 0 Å². The zero-order valence-electron chi connectivity index (χ0n) is 12.5. The highest BCUT2D eigenvalue weighted by molar-refractivity contribution is 6.09. The molecule has 0 amide bonds. The SMILES string of the molecule is CC(Oc1cccc(C(=O)c2ccc(C(F)(F)F)cc2)c1)C(=O)O. The van der Waals surface area contributed by atoms with Crippen molar-refractivity contribution in [2.75, 3.05) is 0 Å². The largest absolute Gasteiger partial charge is 0.479 e. The van der Waals surface area contributed by atoms with Crippen LogP contribution in [0.2, 0.25) is 0 Å². The summed E-state index contributed by atoms with van der Waals surface area (Å²) in [5.41, 5.74) is -0.567. The zero-order chi connectivity index (χ0) is 17.9. The monoisotopic (exact) mass is 338 g/mol. The third kappa shape index (κ3) is 4.13. The molecule has 1 atom stereocenters. The third-order valence-electron chi connectivity index (χ3n) is 3.23. The van der Waals surface area contributed by atoms with E-state index in [-0.39, 0.29) is 16.9 Å². The van der Waals surface area contributed by atoms with Crippen molar-refractivity contribution in [2.45, 2.75) is 19.2 Å². The van der Waals surface area contributed by atoms with Crippen molar-refractivity contribution < 1.29 is 32.6 Å². The number of aliphatic carboxylic acids is 1. The standard InChI is InChI=1S/C17H13F3O4/c1-10(16(22)23)24-14-4-2-3-12(9-14)15(21)11-5-7-13(8-6-11)17(18,19)20/h2-10H,1H3,(H,22,23). The number of rotatable bonds is 5. The van der Waals surface area contributed by atoms with E-state index in [1.54, 1.807) is 0 Å². The number of alkyl halides is 3. The number of carbonyl (C=O) groups is 2. The Balaban J connectivity index is 2.22. The Morgan fingerprint density at radius 3 is 2.21 bits per heavy atom. The zero-order valence-corrected chi connectivity index (χ0v) is 12.5. The van der Waals surface area contributed by atoms with Crippen molar-refractivity contribution in [3.05, 3.63) is 65.2 Å². The van der Waals surface area contributed by atoms with Gasteiger partial charge in [0.25, 0.3) is 0 Å². The van der Waals surface area contributed by atoms with E-state index < -0.39 is 29.6 Å². The molecule has 2 rings (SSSR count). The molecule has 0 spiro atoms. The maximum atomic E-state index is 12.5. The summed E-state index contributed by atoms with van der Waals surface area (Å²) in [4.78, 5) is 23.1. The predicted octanol–water partition coefficient (Wildman–Crippen LogP) is 3.79. The van der Waals surface area contributed by atoms with E-state index in [4.69, 9.17) is 9.84 Å². The first-order valence-corrected chi connectivity index (χ1v) is 6.90. The predicted molar refractivity (Wildman–Crippen MR) is 79.0 cm³/mol. The van der Waals surface area contributed by atoms with Crippen molar-refractivity contribution in [2.24, 2.45) is 0 Å². The van der Waals surface area contributed by atoms with Crippen LogP contribution in [0.25, 0.3) is 0 Å². The molecule has 0 radical (unpaired) electrons. The number of benzene rings is 2. The summed E-state index contributed by atoms with van der Waals surface area (Å²) in [6, 6.07) is 9.67. The van der Waals surface area contributed by atoms with Gasteiger partial charge in [0, 0.05) is 11.1 Å². The first-order chi connectivity index (χ1) is 11.2. The lowest BCUT2D eigenvalue weighted by Gasteiger charge is -2.11. The normalized spacial score (nSPS) is 12.5. The van der Waals surface area contributed by atoms with Gasteiger partial charge in [0.1, 0.15) is 5.75 Å². The number of ketones is 1. The van der Waals surface area contributed by atoms with Gasteiger partial charge in [0.2, 0.25) is 0 Å². The Morgan fingerprint density at radius 2 is 1.67 bits per heavy atom. The van der Waals surface area contributed by atoms with Crippen molar-refractivity contribution in [1.29, 1.82) is 0 Å². The Morgan fingerprint density at radius 1 is 1.04 bits per heavy atom. The van der Waals surface area contributed by atoms with Crippen LogP contribution in [0.1, 0.15) is 28.4 Å². The van der Waals surface area contributed by atoms with Crippen LogP contribution in [0.5, 0.6) is 5.75 Å². The Labute approximate surface area is 135 Å². The van der Waals surface area contributed by atoms with E-state index in [2.05, 4.69) is 0 Å². The van der Waals surface area contributed by atoms with Crippen LogP contribution in [0.4, 0.5) is 13.2 Å². The maximum absolute atomic E-state index is 12.5. The number of hydrogen-bond acceptors (Lipinski definition) is 3. The van der Waals surface area contributed by atoms with Gasteiger partial charge in [-0.25, -0.2) is 4.79 Å². The van der Waals surface area contributed by atoms with E-state index >= 15 is 0 Å². The second-order valence-electron chi connectivity index (χ2n) is 5.03. The molecule has 2 aromatic rings. The van der Waals surface area contributed by atoms with Gasteiger partial charge in [-0.1, -0.05) is 24.3 Å². The quantitative estimate of drug-likeness (QED) is 0.843. The highest BCUT2D eigenvalue weighted by atomic mass is 19.4. The van der Waals surface area contributed by atoms with Gasteiger partial charge in [-0.3, -0.25) is 4.79 Å². The van der Waals surface area contributed by atoms with Gasteiger partial charge in [-0.2, -0.15) is 13.2 Å². The van der Waals surface area contributed by atoms with E-state index in [1.807, 2.05) is 0 Å².